The van der Waals surface area contributed by atoms with Crippen LogP contribution in [0.3, 0.4) is 0 Å². The first-order valence-electron chi connectivity index (χ1n) is 10.5. The molecule has 8 heteroatoms. The van der Waals surface area contributed by atoms with Crippen molar-refractivity contribution in [3.05, 3.63) is 65.7 Å². The third kappa shape index (κ3) is 6.20. The summed E-state index contributed by atoms with van der Waals surface area (Å²) in [6.07, 6.45) is 0.155. The second kappa shape index (κ2) is 11.5. The van der Waals surface area contributed by atoms with Crippen LogP contribution in [-0.4, -0.2) is 50.9 Å². The van der Waals surface area contributed by atoms with Crippen molar-refractivity contribution in [2.24, 2.45) is 0 Å². The molecular formula is C24H28N4O3S. The average molecular weight is 453 g/mol. The number of ether oxygens (including phenoxy) is 1. The Morgan fingerprint density at radius 1 is 1.09 bits per heavy atom. The molecule has 0 saturated heterocycles. The topological polar surface area (TPSA) is 77.3 Å². The lowest BCUT2D eigenvalue weighted by Crippen LogP contribution is -2.34. The van der Waals surface area contributed by atoms with Crippen LogP contribution in [0.4, 0.5) is 0 Å². The molecule has 3 aromatic rings. The standard InChI is InChI=1S/C24H28N4O3S/c1-4-28-23(20-12-8-9-18(2)15-20)25-26-24(28)32-17-21(29)27(14-13-22(30)31-3)16-19-10-6-5-7-11-19/h5-12,15H,4,13-14,16-17H2,1-3H3. The number of methoxy groups -OCH3 is 1. The average Bonchev–Trinajstić information content (AvgIpc) is 3.23. The highest BCUT2D eigenvalue weighted by Crippen LogP contribution is 2.25. The maximum Gasteiger partial charge on any atom is 0.307 e. The van der Waals surface area contributed by atoms with Crippen molar-refractivity contribution in [1.29, 1.82) is 0 Å². The fourth-order valence-electron chi connectivity index (χ4n) is 3.32. The number of thioether (sulfide) groups is 1. The van der Waals surface area contributed by atoms with E-state index in [2.05, 4.69) is 16.3 Å². The van der Waals surface area contributed by atoms with E-state index in [1.165, 1.54) is 18.9 Å². The molecule has 1 amide bonds. The van der Waals surface area contributed by atoms with Gasteiger partial charge in [-0.15, -0.1) is 10.2 Å². The molecule has 0 fully saturated rings. The lowest BCUT2D eigenvalue weighted by molar-refractivity contribution is -0.141. The molecule has 0 aliphatic carbocycles. The second-order valence-electron chi connectivity index (χ2n) is 7.34. The summed E-state index contributed by atoms with van der Waals surface area (Å²) >= 11 is 1.36. The molecule has 0 unspecified atom stereocenters. The van der Waals surface area contributed by atoms with E-state index in [-0.39, 0.29) is 24.1 Å². The first-order chi connectivity index (χ1) is 15.5. The summed E-state index contributed by atoms with van der Waals surface area (Å²) in [6.45, 7) is 5.51. The van der Waals surface area contributed by atoms with Crippen LogP contribution in [0, 0.1) is 6.92 Å². The van der Waals surface area contributed by atoms with E-state index in [4.69, 9.17) is 4.74 Å². The van der Waals surface area contributed by atoms with E-state index in [1.807, 2.05) is 66.9 Å². The zero-order valence-corrected chi connectivity index (χ0v) is 19.5. The molecular weight excluding hydrogens is 424 g/mol. The van der Waals surface area contributed by atoms with Gasteiger partial charge < -0.3 is 14.2 Å². The van der Waals surface area contributed by atoms with Gasteiger partial charge in [0.05, 0.1) is 19.3 Å². The van der Waals surface area contributed by atoms with Gasteiger partial charge in [-0.1, -0.05) is 65.9 Å². The van der Waals surface area contributed by atoms with Crippen LogP contribution < -0.4 is 0 Å². The molecule has 0 saturated carbocycles. The number of amides is 1. The monoisotopic (exact) mass is 452 g/mol. The normalized spacial score (nSPS) is 10.7. The van der Waals surface area contributed by atoms with Crippen LogP contribution in [-0.2, 0) is 27.4 Å². The van der Waals surface area contributed by atoms with Crippen molar-refractivity contribution in [3.63, 3.8) is 0 Å². The molecule has 0 aliphatic rings. The molecule has 1 aromatic heterocycles. The number of benzene rings is 2. The van der Waals surface area contributed by atoms with Crippen LogP contribution in [0.25, 0.3) is 11.4 Å². The minimum Gasteiger partial charge on any atom is -0.469 e. The molecule has 0 spiro atoms. The third-order valence-corrected chi connectivity index (χ3v) is 5.97. The number of hydrogen-bond donors (Lipinski definition) is 0. The lowest BCUT2D eigenvalue weighted by atomic mass is 10.1. The van der Waals surface area contributed by atoms with Crippen molar-refractivity contribution in [2.75, 3.05) is 19.4 Å². The van der Waals surface area contributed by atoms with E-state index in [0.29, 0.717) is 24.8 Å². The number of carbonyl (C=O) groups excluding carboxylic acids is 2. The smallest absolute Gasteiger partial charge is 0.307 e. The first kappa shape index (κ1) is 23.5. The SMILES string of the molecule is CCn1c(SCC(=O)N(CCC(=O)OC)Cc2ccccc2)nnc1-c1cccc(C)c1. The highest BCUT2D eigenvalue weighted by atomic mass is 32.2. The largest absolute Gasteiger partial charge is 0.469 e. The number of hydrogen-bond acceptors (Lipinski definition) is 6. The van der Waals surface area contributed by atoms with Crippen molar-refractivity contribution in [3.8, 4) is 11.4 Å². The number of nitrogens with zero attached hydrogens (tertiary/aromatic N) is 4. The predicted octanol–water partition coefficient (Wildman–Crippen LogP) is 3.96. The van der Waals surface area contributed by atoms with Gasteiger partial charge in [0.15, 0.2) is 11.0 Å². The van der Waals surface area contributed by atoms with Gasteiger partial charge in [0.2, 0.25) is 5.91 Å². The summed E-state index contributed by atoms with van der Waals surface area (Å²) in [5.74, 6) is 0.598. The molecule has 0 aliphatic heterocycles. The minimum absolute atomic E-state index is 0.0643. The summed E-state index contributed by atoms with van der Waals surface area (Å²) in [5.41, 5.74) is 3.16. The number of rotatable bonds is 10. The van der Waals surface area contributed by atoms with E-state index >= 15 is 0 Å². The minimum atomic E-state index is -0.336. The Balaban J connectivity index is 1.71. The summed E-state index contributed by atoms with van der Waals surface area (Å²) < 4.78 is 6.76. The molecule has 0 bridgehead atoms. The lowest BCUT2D eigenvalue weighted by Gasteiger charge is -2.22. The Morgan fingerprint density at radius 2 is 1.88 bits per heavy atom. The molecule has 1 heterocycles. The van der Waals surface area contributed by atoms with Crippen LogP contribution >= 0.6 is 11.8 Å². The van der Waals surface area contributed by atoms with Crippen molar-refractivity contribution in [1.82, 2.24) is 19.7 Å². The van der Waals surface area contributed by atoms with E-state index < -0.39 is 0 Å². The fraction of sp³-hybridized carbons (Fsp3) is 0.333. The van der Waals surface area contributed by atoms with E-state index in [9.17, 15) is 9.59 Å². The molecule has 0 atom stereocenters. The van der Waals surface area contributed by atoms with Gasteiger partial charge in [-0.3, -0.25) is 9.59 Å². The number of aromatic nitrogens is 3. The Bertz CT molecular complexity index is 1050. The van der Waals surface area contributed by atoms with Gasteiger partial charge >= 0.3 is 5.97 Å². The summed E-state index contributed by atoms with van der Waals surface area (Å²) in [4.78, 5) is 26.4. The van der Waals surface area contributed by atoms with Crippen LogP contribution in [0.2, 0.25) is 0 Å². The molecule has 7 nitrogen and oxygen atoms in total. The molecule has 3 rings (SSSR count). The van der Waals surface area contributed by atoms with Gasteiger partial charge in [0.1, 0.15) is 0 Å². The Morgan fingerprint density at radius 3 is 2.56 bits per heavy atom. The van der Waals surface area contributed by atoms with Crippen LogP contribution in [0.5, 0.6) is 0 Å². The summed E-state index contributed by atoms with van der Waals surface area (Å²) in [7, 11) is 1.35. The maximum absolute atomic E-state index is 13.0. The fourth-order valence-corrected chi connectivity index (χ4v) is 4.22. The Labute approximate surface area is 192 Å². The van der Waals surface area contributed by atoms with Crippen LogP contribution in [0.1, 0.15) is 24.5 Å². The van der Waals surface area contributed by atoms with Gasteiger partial charge in [-0.2, -0.15) is 0 Å². The van der Waals surface area contributed by atoms with Gasteiger partial charge in [0.25, 0.3) is 0 Å². The zero-order valence-electron chi connectivity index (χ0n) is 18.7. The Kier molecular flexibility index (Phi) is 8.44. The highest BCUT2D eigenvalue weighted by Gasteiger charge is 2.19. The maximum atomic E-state index is 13.0. The molecule has 2 aromatic carbocycles. The van der Waals surface area contributed by atoms with Gasteiger partial charge in [-0.25, -0.2) is 0 Å². The highest BCUT2D eigenvalue weighted by molar-refractivity contribution is 7.99. The van der Waals surface area contributed by atoms with Crippen molar-refractivity contribution < 1.29 is 14.3 Å². The van der Waals surface area contributed by atoms with E-state index in [0.717, 1.165) is 22.5 Å². The number of carbonyl (C=O) groups is 2. The van der Waals surface area contributed by atoms with Gasteiger partial charge in [-0.05, 0) is 25.5 Å². The third-order valence-electron chi connectivity index (χ3n) is 5.02. The molecule has 32 heavy (non-hydrogen) atoms. The number of aryl methyl sites for hydroxylation is 1. The summed E-state index contributed by atoms with van der Waals surface area (Å²) in [5, 5.41) is 9.39. The molecule has 0 N–H and O–H groups in total. The van der Waals surface area contributed by atoms with E-state index in [1.54, 1.807) is 4.90 Å². The van der Waals surface area contributed by atoms with Crippen molar-refractivity contribution >= 4 is 23.6 Å². The van der Waals surface area contributed by atoms with Gasteiger partial charge in [0, 0.05) is 25.2 Å². The van der Waals surface area contributed by atoms with Crippen LogP contribution in [0.15, 0.2) is 59.8 Å². The predicted molar refractivity (Wildman–Crippen MR) is 125 cm³/mol. The zero-order chi connectivity index (χ0) is 22.9. The quantitative estimate of drug-likeness (QED) is 0.342. The first-order valence-corrected chi connectivity index (χ1v) is 11.5. The molecule has 0 radical (unpaired) electrons. The number of esters is 1. The molecule has 168 valence electrons. The summed E-state index contributed by atoms with van der Waals surface area (Å²) in [6, 6.07) is 17.9. The Hall–Kier alpha value is -3.13. The second-order valence-corrected chi connectivity index (χ2v) is 8.28. The van der Waals surface area contributed by atoms with Crippen molar-refractivity contribution in [2.45, 2.75) is 38.5 Å².